The molecule has 0 radical (unpaired) electrons. The number of aromatic nitrogens is 2. The first-order valence-corrected chi connectivity index (χ1v) is 11.5. The van der Waals surface area contributed by atoms with Gasteiger partial charge in [-0.3, -0.25) is 14.3 Å². The third kappa shape index (κ3) is 6.23. The number of hydrogen-bond acceptors (Lipinski definition) is 5. The number of halogens is 2. The number of carbonyl (C=O) groups excluding carboxylic acids is 2. The summed E-state index contributed by atoms with van der Waals surface area (Å²) in [6.45, 7) is 2.84. The van der Waals surface area contributed by atoms with Gasteiger partial charge in [-0.05, 0) is 55.0 Å². The Morgan fingerprint density at radius 2 is 1.94 bits per heavy atom. The average Bonchev–Trinajstić information content (AvgIpc) is 3.52. The number of benzene rings is 2. The van der Waals surface area contributed by atoms with Crippen molar-refractivity contribution in [3.05, 3.63) is 99.7 Å². The summed E-state index contributed by atoms with van der Waals surface area (Å²) in [4.78, 5) is 25.7. The van der Waals surface area contributed by atoms with Gasteiger partial charge in [0.05, 0.1) is 23.5 Å². The van der Waals surface area contributed by atoms with E-state index in [1.807, 2.05) is 13.0 Å². The standard InChI is InChI=1S/C25H22Cl2N4O4/c1-2-31-14-21(23(30-31)25(33)28-13-19-7-4-10-34-19)29-24(32)17-6-3-5-16(11-17)15-35-22-9-8-18(26)12-20(22)27/h3-12,14H,2,13,15H2,1H3,(H,28,33)(H,29,32). The highest BCUT2D eigenvalue weighted by molar-refractivity contribution is 6.35. The Kier molecular flexibility index (Phi) is 7.74. The molecule has 2 aromatic heterocycles. The molecule has 8 nitrogen and oxygen atoms in total. The number of hydrogen-bond donors (Lipinski definition) is 2. The van der Waals surface area contributed by atoms with Gasteiger partial charge in [0.2, 0.25) is 0 Å². The first-order valence-electron chi connectivity index (χ1n) is 10.8. The smallest absolute Gasteiger partial charge is 0.274 e. The molecule has 0 fully saturated rings. The van der Waals surface area contributed by atoms with Crippen LogP contribution in [-0.4, -0.2) is 21.6 Å². The fourth-order valence-corrected chi connectivity index (χ4v) is 3.72. The van der Waals surface area contributed by atoms with Gasteiger partial charge in [-0.2, -0.15) is 5.10 Å². The fraction of sp³-hybridized carbons (Fsp3) is 0.160. The zero-order valence-electron chi connectivity index (χ0n) is 18.8. The molecule has 2 amide bonds. The number of amides is 2. The maximum Gasteiger partial charge on any atom is 0.274 e. The molecule has 0 spiro atoms. The molecular formula is C25H22Cl2N4O4. The van der Waals surface area contributed by atoms with Crippen molar-refractivity contribution < 1.29 is 18.7 Å². The van der Waals surface area contributed by atoms with E-state index in [-0.39, 0.29) is 24.8 Å². The van der Waals surface area contributed by atoms with Gasteiger partial charge >= 0.3 is 0 Å². The van der Waals surface area contributed by atoms with Crippen molar-refractivity contribution in [3.8, 4) is 5.75 Å². The van der Waals surface area contributed by atoms with Crippen molar-refractivity contribution in [2.45, 2.75) is 26.6 Å². The molecule has 4 aromatic rings. The van der Waals surface area contributed by atoms with Crippen LogP contribution in [0.2, 0.25) is 10.0 Å². The molecule has 2 heterocycles. The molecule has 0 bridgehead atoms. The summed E-state index contributed by atoms with van der Waals surface area (Å²) in [6.07, 6.45) is 3.15. The van der Waals surface area contributed by atoms with Crippen LogP contribution < -0.4 is 15.4 Å². The maximum atomic E-state index is 13.0. The van der Waals surface area contributed by atoms with Gasteiger partial charge < -0.3 is 19.8 Å². The van der Waals surface area contributed by atoms with Crippen LogP contribution in [-0.2, 0) is 19.7 Å². The Morgan fingerprint density at radius 1 is 1.09 bits per heavy atom. The van der Waals surface area contributed by atoms with E-state index in [0.717, 1.165) is 5.56 Å². The minimum absolute atomic E-state index is 0.114. The van der Waals surface area contributed by atoms with Gasteiger partial charge in [0.1, 0.15) is 18.1 Å². The lowest BCUT2D eigenvalue weighted by atomic mass is 10.1. The van der Waals surface area contributed by atoms with E-state index in [1.165, 1.54) is 6.26 Å². The van der Waals surface area contributed by atoms with E-state index < -0.39 is 5.91 Å². The summed E-state index contributed by atoms with van der Waals surface area (Å²) < 4.78 is 12.6. The molecule has 0 aliphatic carbocycles. The van der Waals surface area contributed by atoms with Crippen molar-refractivity contribution in [3.63, 3.8) is 0 Å². The van der Waals surface area contributed by atoms with Gasteiger partial charge in [0.25, 0.3) is 11.8 Å². The summed E-state index contributed by atoms with van der Waals surface area (Å²) in [5, 5.41) is 10.7. The van der Waals surface area contributed by atoms with E-state index >= 15 is 0 Å². The van der Waals surface area contributed by atoms with Crippen LogP contribution in [0.5, 0.6) is 5.75 Å². The first-order chi connectivity index (χ1) is 16.9. The van der Waals surface area contributed by atoms with Gasteiger partial charge in [0.15, 0.2) is 5.69 Å². The summed E-state index contributed by atoms with van der Waals surface area (Å²) >= 11 is 12.1. The summed E-state index contributed by atoms with van der Waals surface area (Å²) in [7, 11) is 0. The van der Waals surface area contributed by atoms with Crippen molar-refractivity contribution in [2.24, 2.45) is 0 Å². The molecule has 180 valence electrons. The molecule has 4 rings (SSSR count). The second kappa shape index (κ2) is 11.1. The van der Waals surface area contributed by atoms with Gasteiger partial charge in [-0.1, -0.05) is 35.3 Å². The molecule has 0 saturated carbocycles. The Labute approximate surface area is 211 Å². The highest BCUT2D eigenvalue weighted by Gasteiger charge is 2.19. The van der Waals surface area contributed by atoms with E-state index in [4.69, 9.17) is 32.4 Å². The fourth-order valence-electron chi connectivity index (χ4n) is 3.26. The summed E-state index contributed by atoms with van der Waals surface area (Å²) in [5.41, 5.74) is 1.59. The molecular weight excluding hydrogens is 491 g/mol. The van der Waals surface area contributed by atoms with Gasteiger partial charge in [0, 0.05) is 23.3 Å². The zero-order valence-corrected chi connectivity index (χ0v) is 20.3. The highest BCUT2D eigenvalue weighted by Crippen LogP contribution is 2.28. The second-order valence-corrected chi connectivity index (χ2v) is 8.37. The van der Waals surface area contributed by atoms with Crippen LogP contribution in [0.15, 0.2) is 71.5 Å². The lowest BCUT2D eigenvalue weighted by Crippen LogP contribution is -2.25. The average molecular weight is 513 g/mol. The molecule has 0 saturated heterocycles. The number of carbonyl (C=O) groups is 2. The van der Waals surface area contributed by atoms with Crippen LogP contribution in [0.3, 0.4) is 0 Å². The van der Waals surface area contributed by atoms with Crippen LogP contribution in [0.4, 0.5) is 5.69 Å². The summed E-state index contributed by atoms with van der Waals surface area (Å²) in [5.74, 6) is 0.291. The first kappa shape index (κ1) is 24.4. The normalized spacial score (nSPS) is 10.7. The van der Waals surface area contributed by atoms with Gasteiger partial charge in [-0.25, -0.2) is 0 Å². The van der Waals surface area contributed by atoms with Crippen LogP contribution in [0, 0.1) is 0 Å². The van der Waals surface area contributed by atoms with E-state index in [1.54, 1.807) is 59.4 Å². The Hall–Kier alpha value is -3.75. The SMILES string of the molecule is CCn1cc(NC(=O)c2cccc(COc3ccc(Cl)cc3Cl)c2)c(C(=O)NCc2ccco2)n1. The molecule has 0 atom stereocenters. The van der Waals surface area contributed by atoms with Crippen molar-refractivity contribution in [1.82, 2.24) is 15.1 Å². The van der Waals surface area contributed by atoms with Crippen LogP contribution >= 0.6 is 23.2 Å². The molecule has 10 heteroatoms. The Morgan fingerprint density at radius 3 is 2.69 bits per heavy atom. The third-order valence-corrected chi connectivity index (χ3v) is 5.56. The predicted molar refractivity (Wildman–Crippen MR) is 133 cm³/mol. The molecule has 2 aromatic carbocycles. The van der Waals surface area contributed by atoms with Crippen molar-refractivity contribution >= 4 is 40.7 Å². The summed E-state index contributed by atoms with van der Waals surface area (Å²) in [6, 6.07) is 15.4. The van der Waals surface area contributed by atoms with Crippen LogP contribution in [0.25, 0.3) is 0 Å². The number of ether oxygens (including phenoxy) is 1. The Balaban J connectivity index is 1.44. The molecule has 0 aliphatic heterocycles. The number of aryl methyl sites for hydroxylation is 1. The number of nitrogens with zero attached hydrogens (tertiary/aromatic N) is 2. The number of nitrogens with one attached hydrogen (secondary N) is 2. The molecule has 0 aliphatic rings. The van der Waals surface area contributed by atoms with E-state index in [2.05, 4.69) is 15.7 Å². The number of rotatable bonds is 9. The lowest BCUT2D eigenvalue weighted by Gasteiger charge is -2.10. The van der Waals surface area contributed by atoms with E-state index in [0.29, 0.717) is 39.4 Å². The predicted octanol–water partition coefficient (Wildman–Crippen LogP) is 5.56. The van der Waals surface area contributed by atoms with E-state index in [9.17, 15) is 9.59 Å². The number of anilines is 1. The highest BCUT2D eigenvalue weighted by atomic mass is 35.5. The topological polar surface area (TPSA) is 98.4 Å². The largest absolute Gasteiger partial charge is 0.487 e. The minimum Gasteiger partial charge on any atom is -0.487 e. The maximum absolute atomic E-state index is 13.0. The number of furan rings is 1. The van der Waals surface area contributed by atoms with Crippen molar-refractivity contribution in [2.75, 3.05) is 5.32 Å². The lowest BCUT2D eigenvalue weighted by molar-refractivity contribution is 0.0943. The minimum atomic E-state index is -0.425. The zero-order chi connectivity index (χ0) is 24.8. The molecule has 0 unspecified atom stereocenters. The van der Waals surface area contributed by atoms with Crippen molar-refractivity contribution in [1.29, 1.82) is 0 Å². The second-order valence-electron chi connectivity index (χ2n) is 7.53. The molecule has 2 N–H and O–H groups in total. The Bertz CT molecular complexity index is 1340. The van der Waals surface area contributed by atoms with Crippen LogP contribution in [0.1, 0.15) is 39.1 Å². The monoisotopic (exact) mass is 512 g/mol. The quantitative estimate of drug-likeness (QED) is 0.305. The third-order valence-electron chi connectivity index (χ3n) is 5.03. The van der Waals surface area contributed by atoms with Gasteiger partial charge in [-0.15, -0.1) is 0 Å². The molecule has 35 heavy (non-hydrogen) atoms.